The van der Waals surface area contributed by atoms with E-state index in [2.05, 4.69) is 5.32 Å². The molecule has 2 amide bonds. The van der Waals surface area contributed by atoms with Crippen molar-refractivity contribution >= 4 is 39.1 Å². The van der Waals surface area contributed by atoms with E-state index in [0.29, 0.717) is 28.7 Å². The first kappa shape index (κ1) is 34.5. The standard InChI is InChI=1S/C32H40ClN3O7S/c1-8-43-26-14-12-25(13-15-26)36(44(39,40)27-16-17-28(41-6)29(19-27)42-7)21-30(37)35(20-23-10-9-11-24(33)18-23)22(2)31(38)34-32(3,4)5/h9-19,22H,8,20-21H2,1-7H3,(H,34,38)/t22-/m1/s1. The number of methoxy groups -OCH3 is 2. The second-order valence-corrected chi connectivity index (χ2v) is 13.3. The number of carbonyl (C=O) groups excluding carboxylic acids is 2. The number of benzene rings is 3. The van der Waals surface area contributed by atoms with Crippen LogP contribution in [-0.4, -0.2) is 64.1 Å². The molecule has 0 saturated carbocycles. The maximum absolute atomic E-state index is 14.2. The molecule has 0 aliphatic heterocycles. The SMILES string of the molecule is CCOc1ccc(N(CC(=O)N(Cc2cccc(Cl)c2)[C@H](C)C(=O)NC(C)(C)C)S(=O)(=O)c2ccc(OC)c(OC)c2)cc1. The monoisotopic (exact) mass is 645 g/mol. The second-order valence-electron chi connectivity index (χ2n) is 11.0. The fraction of sp³-hybridized carbons (Fsp3) is 0.375. The maximum Gasteiger partial charge on any atom is 0.264 e. The van der Waals surface area contributed by atoms with Crippen molar-refractivity contribution in [2.24, 2.45) is 0 Å². The summed E-state index contributed by atoms with van der Waals surface area (Å²) >= 11 is 6.21. The lowest BCUT2D eigenvalue weighted by Gasteiger charge is -2.33. The third-order valence-corrected chi connectivity index (χ3v) is 8.57. The average molecular weight is 646 g/mol. The lowest BCUT2D eigenvalue weighted by Crippen LogP contribution is -2.54. The predicted octanol–water partition coefficient (Wildman–Crippen LogP) is 5.28. The van der Waals surface area contributed by atoms with Crippen molar-refractivity contribution in [1.29, 1.82) is 0 Å². The van der Waals surface area contributed by atoms with Crippen LogP contribution >= 0.6 is 11.6 Å². The smallest absolute Gasteiger partial charge is 0.264 e. The number of nitrogens with one attached hydrogen (secondary N) is 1. The number of hydrogen-bond acceptors (Lipinski definition) is 7. The van der Waals surface area contributed by atoms with Crippen LogP contribution in [0.4, 0.5) is 5.69 Å². The first-order valence-electron chi connectivity index (χ1n) is 14.0. The maximum atomic E-state index is 14.2. The van der Waals surface area contributed by atoms with Crippen LogP contribution in [0.15, 0.2) is 71.6 Å². The summed E-state index contributed by atoms with van der Waals surface area (Å²) in [5.41, 5.74) is 0.351. The molecule has 0 spiro atoms. The molecule has 3 aromatic rings. The molecule has 238 valence electrons. The Morgan fingerprint density at radius 2 is 1.61 bits per heavy atom. The number of halogens is 1. The highest BCUT2D eigenvalue weighted by Gasteiger charge is 2.34. The summed E-state index contributed by atoms with van der Waals surface area (Å²) in [7, 11) is -1.48. The van der Waals surface area contributed by atoms with E-state index in [9.17, 15) is 18.0 Å². The molecule has 10 nitrogen and oxygen atoms in total. The van der Waals surface area contributed by atoms with Gasteiger partial charge in [0.05, 0.1) is 31.4 Å². The summed E-state index contributed by atoms with van der Waals surface area (Å²) in [6.07, 6.45) is 0. The molecule has 0 unspecified atom stereocenters. The molecule has 0 aliphatic rings. The lowest BCUT2D eigenvalue weighted by atomic mass is 10.1. The van der Waals surface area contributed by atoms with Gasteiger partial charge in [-0.25, -0.2) is 8.42 Å². The van der Waals surface area contributed by atoms with Crippen molar-refractivity contribution < 1.29 is 32.2 Å². The number of sulfonamides is 1. The summed E-state index contributed by atoms with van der Waals surface area (Å²) < 4.78 is 45.5. The van der Waals surface area contributed by atoms with Crippen LogP contribution < -0.4 is 23.8 Å². The minimum Gasteiger partial charge on any atom is -0.494 e. The van der Waals surface area contributed by atoms with Gasteiger partial charge in [0.25, 0.3) is 10.0 Å². The summed E-state index contributed by atoms with van der Waals surface area (Å²) in [4.78, 5) is 28.6. The Balaban J connectivity index is 2.09. The van der Waals surface area contributed by atoms with E-state index in [1.54, 1.807) is 55.5 Å². The molecule has 0 fully saturated rings. The number of hydrogen-bond donors (Lipinski definition) is 1. The quantitative estimate of drug-likeness (QED) is 0.269. The molecule has 0 bridgehead atoms. The summed E-state index contributed by atoms with van der Waals surface area (Å²) in [5, 5.41) is 3.37. The van der Waals surface area contributed by atoms with E-state index in [4.69, 9.17) is 25.8 Å². The van der Waals surface area contributed by atoms with Gasteiger partial charge in [-0.05, 0) is 88.7 Å². The van der Waals surface area contributed by atoms with Gasteiger partial charge in [0, 0.05) is 23.2 Å². The average Bonchev–Trinajstić information content (AvgIpc) is 2.97. The van der Waals surface area contributed by atoms with Gasteiger partial charge < -0.3 is 24.4 Å². The van der Waals surface area contributed by atoms with Crippen LogP contribution in [0.5, 0.6) is 17.2 Å². The van der Waals surface area contributed by atoms with Gasteiger partial charge >= 0.3 is 0 Å². The van der Waals surface area contributed by atoms with Crippen LogP contribution in [0, 0.1) is 0 Å². The van der Waals surface area contributed by atoms with E-state index in [1.165, 1.54) is 37.3 Å². The van der Waals surface area contributed by atoms with E-state index in [-0.39, 0.29) is 28.8 Å². The molecule has 0 saturated heterocycles. The molecule has 12 heteroatoms. The summed E-state index contributed by atoms with van der Waals surface area (Å²) in [5.74, 6) is 0.118. The Bertz CT molecular complexity index is 1560. The second kappa shape index (κ2) is 14.7. The van der Waals surface area contributed by atoms with Gasteiger partial charge in [0.1, 0.15) is 18.3 Å². The highest BCUT2D eigenvalue weighted by molar-refractivity contribution is 7.92. The van der Waals surface area contributed by atoms with Crippen LogP contribution in [0.1, 0.15) is 40.2 Å². The molecular formula is C32H40ClN3O7S. The van der Waals surface area contributed by atoms with E-state index < -0.39 is 34.1 Å². The van der Waals surface area contributed by atoms with Crippen molar-refractivity contribution in [2.45, 2.75) is 57.6 Å². The molecule has 1 atom stereocenters. The van der Waals surface area contributed by atoms with Crippen molar-refractivity contribution in [3.8, 4) is 17.2 Å². The van der Waals surface area contributed by atoms with Crippen LogP contribution in [0.2, 0.25) is 5.02 Å². The Labute approximate surface area is 264 Å². The zero-order chi connectivity index (χ0) is 32.7. The predicted molar refractivity (Wildman–Crippen MR) is 171 cm³/mol. The van der Waals surface area contributed by atoms with Gasteiger partial charge in [-0.2, -0.15) is 0 Å². The van der Waals surface area contributed by atoms with E-state index >= 15 is 0 Å². The first-order chi connectivity index (χ1) is 20.7. The Kier molecular flexibility index (Phi) is 11.5. The molecule has 0 heterocycles. The highest BCUT2D eigenvalue weighted by atomic mass is 35.5. The summed E-state index contributed by atoms with van der Waals surface area (Å²) in [6.45, 7) is 8.81. The molecular weight excluding hydrogens is 606 g/mol. The normalized spacial score (nSPS) is 12.2. The Morgan fingerprint density at radius 1 is 0.955 bits per heavy atom. The zero-order valence-corrected chi connectivity index (χ0v) is 27.7. The van der Waals surface area contributed by atoms with Crippen LogP contribution in [-0.2, 0) is 26.2 Å². The number of anilines is 1. The van der Waals surface area contributed by atoms with Crippen molar-refractivity contribution in [3.63, 3.8) is 0 Å². The number of amides is 2. The molecule has 1 N–H and O–H groups in total. The van der Waals surface area contributed by atoms with E-state index in [0.717, 1.165) is 4.31 Å². The minimum absolute atomic E-state index is 0.0195. The Morgan fingerprint density at radius 3 is 2.18 bits per heavy atom. The molecule has 0 radical (unpaired) electrons. The fourth-order valence-corrected chi connectivity index (χ4v) is 6.04. The van der Waals surface area contributed by atoms with Crippen molar-refractivity contribution in [2.75, 3.05) is 31.7 Å². The third kappa shape index (κ3) is 8.79. The first-order valence-corrected chi connectivity index (χ1v) is 15.9. The number of nitrogens with zero attached hydrogens (tertiary/aromatic N) is 2. The lowest BCUT2D eigenvalue weighted by molar-refractivity contribution is -0.140. The van der Waals surface area contributed by atoms with Gasteiger partial charge in [-0.1, -0.05) is 23.7 Å². The largest absolute Gasteiger partial charge is 0.494 e. The zero-order valence-electron chi connectivity index (χ0n) is 26.1. The molecule has 3 rings (SSSR count). The van der Waals surface area contributed by atoms with Gasteiger partial charge in [-0.3, -0.25) is 13.9 Å². The van der Waals surface area contributed by atoms with Gasteiger partial charge in [0.2, 0.25) is 11.8 Å². The fourth-order valence-electron chi connectivity index (χ4n) is 4.40. The molecule has 3 aromatic carbocycles. The third-order valence-electron chi connectivity index (χ3n) is 6.57. The number of ether oxygens (including phenoxy) is 3. The van der Waals surface area contributed by atoms with E-state index in [1.807, 2.05) is 27.7 Å². The van der Waals surface area contributed by atoms with Crippen molar-refractivity contribution in [3.05, 3.63) is 77.3 Å². The van der Waals surface area contributed by atoms with Crippen molar-refractivity contribution in [1.82, 2.24) is 10.2 Å². The summed E-state index contributed by atoms with van der Waals surface area (Å²) in [6, 6.07) is 16.6. The van der Waals surface area contributed by atoms with Crippen LogP contribution in [0.3, 0.4) is 0 Å². The highest BCUT2D eigenvalue weighted by Crippen LogP contribution is 2.33. The number of rotatable bonds is 13. The van der Waals surface area contributed by atoms with Crippen LogP contribution in [0.25, 0.3) is 0 Å². The minimum atomic E-state index is -4.33. The number of carbonyl (C=O) groups is 2. The van der Waals surface area contributed by atoms with Gasteiger partial charge in [0.15, 0.2) is 11.5 Å². The molecule has 0 aliphatic carbocycles. The molecule has 0 aromatic heterocycles. The van der Waals surface area contributed by atoms with Gasteiger partial charge in [-0.15, -0.1) is 0 Å². The molecule has 44 heavy (non-hydrogen) atoms. The Hall–Kier alpha value is -3.96. The topological polar surface area (TPSA) is 114 Å².